The summed E-state index contributed by atoms with van der Waals surface area (Å²) in [4.78, 5) is 12.3. The van der Waals surface area contributed by atoms with E-state index < -0.39 is 0 Å². The molecule has 1 aliphatic carbocycles. The molecule has 2 unspecified atom stereocenters. The summed E-state index contributed by atoms with van der Waals surface area (Å²) in [7, 11) is 0. The van der Waals surface area contributed by atoms with Crippen LogP contribution in [0.5, 0.6) is 0 Å². The molecule has 1 N–H and O–H groups in total. The van der Waals surface area contributed by atoms with Gasteiger partial charge in [-0.2, -0.15) is 0 Å². The molecule has 1 amide bonds. The minimum atomic E-state index is -0.0174. The van der Waals surface area contributed by atoms with Gasteiger partial charge in [0.1, 0.15) is 0 Å². The number of carbonyl (C=O) groups is 1. The van der Waals surface area contributed by atoms with E-state index in [1.54, 1.807) is 12.1 Å². The fourth-order valence-corrected chi connectivity index (χ4v) is 3.31. The van der Waals surface area contributed by atoms with Crippen LogP contribution < -0.4 is 5.32 Å². The quantitative estimate of drug-likeness (QED) is 0.834. The smallest absolute Gasteiger partial charge is 0.251 e. The van der Waals surface area contributed by atoms with Crippen LogP contribution in [0, 0.1) is 12.8 Å². The molecule has 19 heavy (non-hydrogen) atoms. The number of alkyl halides is 1. The lowest BCUT2D eigenvalue weighted by Crippen LogP contribution is -2.43. The van der Waals surface area contributed by atoms with Crippen molar-refractivity contribution in [2.45, 2.75) is 38.6 Å². The minimum Gasteiger partial charge on any atom is -0.349 e. The minimum absolute atomic E-state index is 0.0174. The van der Waals surface area contributed by atoms with Gasteiger partial charge in [-0.3, -0.25) is 4.79 Å². The van der Waals surface area contributed by atoms with Crippen molar-refractivity contribution in [1.29, 1.82) is 0 Å². The Balaban J connectivity index is 2.07. The number of halogens is 2. The zero-order valence-corrected chi connectivity index (χ0v) is 12.6. The van der Waals surface area contributed by atoms with Crippen LogP contribution in [0.15, 0.2) is 18.2 Å². The van der Waals surface area contributed by atoms with E-state index in [1.807, 2.05) is 13.0 Å². The van der Waals surface area contributed by atoms with Gasteiger partial charge in [0.25, 0.3) is 5.91 Å². The monoisotopic (exact) mass is 299 g/mol. The van der Waals surface area contributed by atoms with E-state index >= 15 is 0 Å². The molecule has 2 rings (SSSR count). The van der Waals surface area contributed by atoms with Crippen molar-refractivity contribution in [3.63, 3.8) is 0 Å². The number of hydrogen-bond acceptors (Lipinski definition) is 1. The average molecular weight is 300 g/mol. The van der Waals surface area contributed by atoms with E-state index in [2.05, 4.69) is 5.32 Å². The van der Waals surface area contributed by atoms with E-state index in [4.69, 9.17) is 23.2 Å². The van der Waals surface area contributed by atoms with Crippen molar-refractivity contribution in [2.75, 3.05) is 5.88 Å². The van der Waals surface area contributed by atoms with Crippen molar-refractivity contribution in [1.82, 2.24) is 5.32 Å². The highest BCUT2D eigenvalue weighted by Crippen LogP contribution is 2.26. The summed E-state index contributed by atoms with van der Waals surface area (Å²) < 4.78 is 0. The molecule has 1 aliphatic rings. The summed E-state index contributed by atoms with van der Waals surface area (Å²) in [6, 6.07) is 5.56. The Bertz CT molecular complexity index is 461. The number of hydrogen-bond donors (Lipinski definition) is 1. The fraction of sp³-hybridized carbons (Fsp3) is 0.533. The topological polar surface area (TPSA) is 29.1 Å². The lowest BCUT2D eigenvalue weighted by Gasteiger charge is -2.31. The van der Waals surface area contributed by atoms with Crippen LogP contribution in [0.4, 0.5) is 0 Å². The van der Waals surface area contributed by atoms with E-state index in [9.17, 15) is 4.79 Å². The summed E-state index contributed by atoms with van der Waals surface area (Å²) in [5.41, 5.74) is 1.60. The van der Waals surface area contributed by atoms with Crippen molar-refractivity contribution in [3.05, 3.63) is 34.3 Å². The molecule has 0 aliphatic heterocycles. The van der Waals surface area contributed by atoms with Gasteiger partial charge in [0.05, 0.1) is 0 Å². The summed E-state index contributed by atoms with van der Waals surface area (Å²) in [5, 5.41) is 3.79. The number of rotatable bonds is 3. The summed E-state index contributed by atoms with van der Waals surface area (Å²) in [6.07, 6.45) is 4.51. The maximum atomic E-state index is 12.3. The Morgan fingerprint density at radius 2 is 2.11 bits per heavy atom. The van der Waals surface area contributed by atoms with Gasteiger partial charge in [0, 0.05) is 22.5 Å². The molecule has 4 heteroatoms. The van der Waals surface area contributed by atoms with Crippen LogP contribution >= 0.6 is 23.2 Å². The first kappa shape index (κ1) is 14.7. The molecule has 0 aromatic heterocycles. The number of benzene rings is 1. The molecule has 1 saturated carbocycles. The molecule has 0 saturated heterocycles. The zero-order valence-electron chi connectivity index (χ0n) is 11.1. The van der Waals surface area contributed by atoms with Crippen LogP contribution in [0.25, 0.3) is 0 Å². The van der Waals surface area contributed by atoms with Gasteiger partial charge in [-0.05, 0) is 49.4 Å². The third-order valence-electron chi connectivity index (χ3n) is 3.86. The number of carbonyl (C=O) groups excluding carboxylic acids is 1. The second kappa shape index (κ2) is 6.62. The average Bonchev–Trinajstić information content (AvgIpc) is 2.39. The largest absolute Gasteiger partial charge is 0.349 e. The van der Waals surface area contributed by atoms with Gasteiger partial charge in [0.15, 0.2) is 0 Å². The van der Waals surface area contributed by atoms with E-state index in [-0.39, 0.29) is 11.9 Å². The first-order valence-corrected chi connectivity index (χ1v) is 7.66. The van der Waals surface area contributed by atoms with Crippen molar-refractivity contribution in [2.24, 2.45) is 5.92 Å². The number of nitrogens with one attached hydrogen (secondary N) is 1. The van der Waals surface area contributed by atoms with E-state index in [1.165, 1.54) is 6.42 Å². The lowest BCUT2D eigenvalue weighted by atomic mass is 9.85. The first-order chi connectivity index (χ1) is 9.11. The van der Waals surface area contributed by atoms with E-state index in [0.29, 0.717) is 22.4 Å². The van der Waals surface area contributed by atoms with Gasteiger partial charge in [0.2, 0.25) is 0 Å². The van der Waals surface area contributed by atoms with Gasteiger partial charge < -0.3 is 5.32 Å². The van der Waals surface area contributed by atoms with Crippen molar-refractivity contribution < 1.29 is 4.79 Å². The SMILES string of the molecule is Cc1cc(Cl)ccc1C(=O)NC1CCCCC1CCl. The molecule has 0 heterocycles. The molecule has 1 fully saturated rings. The standard InChI is InChI=1S/C15H19Cl2NO/c1-10-8-12(17)6-7-13(10)15(19)18-14-5-3-2-4-11(14)9-16/h6-8,11,14H,2-5,9H2,1H3,(H,18,19). The van der Waals surface area contributed by atoms with Crippen LogP contribution in [-0.2, 0) is 0 Å². The Morgan fingerprint density at radius 1 is 1.37 bits per heavy atom. The predicted molar refractivity (Wildman–Crippen MR) is 80.1 cm³/mol. The maximum Gasteiger partial charge on any atom is 0.251 e. The van der Waals surface area contributed by atoms with E-state index in [0.717, 1.165) is 24.8 Å². The lowest BCUT2D eigenvalue weighted by molar-refractivity contribution is 0.0910. The highest BCUT2D eigenvalue weighted by molar-refractivity contribution is 6.30. The molecule has 1 aromatic rings. The second-order valence-corrected chi connectivity index (χ2v) is 5.98. The predicted octanol–water partition coefficient (Wildman–Crippen LogP) is 4.18. The third-order valence-corrected chi connectivity index (χ3v) is 4.49. The highest BCUT2D eigenvalue weighted by atomic mass is 35.5. The Labute approximate surface area is 124 Å². The Kier molecular flexibility index (Phi) is 5.12. The summed E-state index contributed by atoms with van der Waals surface area (Å²) >= 11 is 11.9. The van der Waals surface area contributed by atoms with Crippen LogP contribution in [0.1, 0.15) is 41.6 Å². The summed E-state index contributed by atoms with van der Waals surface area (Å²) in [5.74, 6) is 0.994. The molecule has 0 radical (unpaired) electrons. The van der Waals surface area contributed by atoms with Gasteiger partial charge in [-0.15, -0.1) is 11.6 Å². The van der Waals surface area contributed by atoms with Gasteiger partial charge in [-0.1, -0.05) is 24.4 Å². The Hall–Kier alpha value is -0.730. The number of aryl methyl sites for hydroxylation is 1. The van der Waals surface area contributed by atoms with Crippen LogP contribution in [-0.4, -0.2) is 17.8 Å². The maximum absolute atomic E-state index is 12.3. The van der Waals surface area contributed by atoms with Gasteiger partial charge in [-0.25, -0.2) is 0 Å². The molecule has 1 aromatic carbocycles. The molecule has 0 bridgehead atoms. The molecule has 2 atom stereocenters. The summed E-state index contributed by atoms with van der Waals surface area (Å²) in [6.45, 7) is 1.90. The molecular formula is C15H19Cl2NO. The number of amides is 1. The molecule has 0 spiro atoms. The Morgan fingerprint density at radius 3 is 2.79 bits per heavy atom. The van der Waals surface area contributed by atoms with Crippen LogP contribution in [0.3, 0.4) is 0 Å². The van der Waals surface area contributed by atoms with Gasteiger partial charge >= 0.3 is 0 Å². The van der Waals surface area contributed by atoms with Crippen molar-refractivity contribution in [3.8, 4) is 0 Å². The molecular weight excluding hydrogens is 281 g/mol. The third kappa shape index (κ3) is 3.64. The van der Waals surface area contributed by atoms with Crippen molar-refractivity contribution >= 4 is 29.1 Å². The zero-order chi connectivity index (χ0) is 13.8. The normalized spacial score (nSPS) is 23.1. The molecule has 104 valence electrons. The first-order valence-electron chi connectivity index (χ1n) is 6.75. The second-order valence-electron chi connectivity index (χ2n) is 5.24. The van der Waals surface area contributed by atoms with Crippen LogP contribution in [0.2, 0.25) is 5.02 Å². The molecule has 2 nitrogen and oxygen atoms in total. The highest BCUT2D eigenvalue weighted by Gasteiger charge is 2.26. The fourth-order valence-electron chi connectivity index (χ4n) is 2.71.